The standard InChI is InChI=1S/C12H8F3NO2/c13-12(14,15)18-10-4-2-1-3-9(10)8-5-6-11(17)16-7-8/h1-7H,(H,16,17). The number of aromatic amines is 1. The van der Waals surface area contributed by atoms with Crippen LogP contribution >= 0.6 is 0 Å². The van der Waals surface area contributed by atoms with Gasteiger partial charge >= 0.3 is 6.36 Å². The van der Waals surface area contributed by atoms with E-state index in [1.165, 1.54) is 36.5 Å². The Bertz CT molecular complexity index is 584. The van der Waals surface area contributed by atoms with Gasteiger partial charge in [0, 0.05) is 23.4 Å². The lowest BCUT2D eigenvalue weighted by molar-refractivity contribution is -0.274. The van der Waals surface area contributed by atoms with Crippen LogP contribution in [0.1, 0.15) is 0 Å². The lowest BCUT2D eigenvalue weighted by Crippen LogP contribution is -2.17. The van der Waals surface area contributed by atoms with Gasteiger partial charge in [-0.15, -0.1) is 13.2 Å². The van der Waals surface area contributed by atoms with Crippen LogP contribution in [0.5, 0.6) is 5.75 Å². The second-order valence-electron chi connectivity index (χ2n) is 3.49. The summed E-state index contributed by atoms with van der Waals surface area (Å²) in [5, 5.41) is 0. The molecule has 0 aliphatic rings. The Balaban J connectivity index is 2.44. The van der Waals surface area contributed by atoms with E-state index >= 15 is 0 Å². The number of alkyl halides is 3. The summed E-state index contributed by atoms with van der Waals surface area (Å²) in [6, 6.07) is 8.39. The van der Waals surface area contributed by atoms with Crippen molar-refractivity contribution in [3.8, 4) is 16.9 Å². The second-order valence-corrected chi connectivity index (χ2v) is 3.49. The lowest BCUT2D eigenvalue weighted by Gasteiger charge is -2.12. The average Bonchev–Trinajstić information content (AvgIpc) is 2.29. The molecule has 2 aromatic rings. The zero-order valence-corrected chi connectivity index (χ0v) is 8.99. The topological polar surface area (TPSA) is 42.1 Å². The van der Waals surface area contributed by atoms with Crippen molar-refractivity contribution < 1.29 is 17.9 Å². The van der Waals surface area contributed by atoms with Gasteiger partial charge in [-0.05, 0) is 12.1 Å². The number of benzene rings is 1. The lowest BCUT2D eigenvalue weighted by atomic mass is 10.1. The number of aromatic nitrogens is 1. The van der Waals surface area contributed by atoms with Gasteiger partial charge in [0.05, 0.1) is 0 Å². The number of ether oxygens (including phenoxy) is 1. The summed E-state index contributed by atoms with van der Waals surface area (Å²) in [6.45, 7) is 0. The summed E-state index contributed by atoms with van der Waals surface area (Å²) in [5.74, 6) is -0.308. The van der Waals surface area contributed by atoms with Crippen LogP contribution in [-0.4, -0.2) is 11.3 Å². The Morgan fingerprint density at radius 2 is 1.78 bits per heavy atom. The maximum atomic E-state index is 12.2. The molecule has 0 unspecified atom stereocenters. The molecular formula is C12H8F3NO2. The van der Waals surface area contributed by atoms with Crippen molar-refractivity contribution in [3.05, 3.63) is 52.9 Å². The summed E-state index contributed by atoms with van der Waals surface area (Å²) in [6.07, 6.45) is -3.42. The summed E-state index contributed by atoms with van der Waals surface area (Å²) in [5.41, 5.74) is 0.369. The van der Waals surface area contributed by atoms with E-state index in [2.05, 4.69) is 9.72 Å². The highest BCUT2D eigenvalue weighted by Gasteiger charge is 2.32. The fraction of sp³-hybridized carbons (Fsp3) is 0.0833. The van der Waals surface area contributed by atoms with Gasteiger partial charge in [-0.25, -0.2) is 0 Å². The van der Waals surface area contributed by atoms with Crippen molar-refractivity contribution in [2.75, 3.05) is 0 Å². The van der Waals surface area contributed by atoms with Gasteiger partial charge < -0.3 is 9.72 Å². The molecule has 0 atom stereocenters. The van der Waals surface area contributed by atoms with Crippen molar-refractivity contribution >= 4 is 0 Å². The number of halogens is 3. The van der Waals surface area contributed by atoms with Gasteiger partial charge in [0.2, 0.25) is 5.56 Å². The SMILES string of the molecule is O=c1ccc(-c2ccccc2OC(F)(F)F)c[nH]1. The number of pyridine rings is 1. The van der Waals surface area contributed by atoms with Crippen molar-refractivity contribution in [1.29, 1.82) is 0 Å². The van der Waals surface area contributed by atoms with Crippen LogP contribution < -0.4 is 10.3 Å². The zero-order valence-electron chi connectivity index (χ0n) is 8.99. The third kappa shape index (κ3) is 2.91. The first-order valence-corrected chi connectivity index (χ1v) is 4.99. The zero-order chi connectivity index (χ0) is 13.2. The Hall–Kier alpha value is -2.24. The molecule has 0 spiro atoms. The van der Waals surface area contributed by atoms with Crippen LogP contribution in [0.25, 0.3) is 11.1 Å². The molecule has 0 saturated carbocycles. The third-order valence-corrected chi connectivity index (χ3v) is 2.21. The first-order valence-electron chi connectivity index (χ1n) is 4.99. The van der Waals surface area contributed by atoms with Gasteiger partial charge in [-0.3, -0.25) is 4.79 Å². The number of nitrogens with one attached hydrogen (secondary N) is 1. The second kappa shape index (κ2) is 4.56. The summed E-state index contributed by atoms with van der Waals surface area (Å²) in [7, 11) is 0. The van der Waals surface area contributed by atoms with Crippen LogP contribution in [0.4, 0.5) is 13.2 Å². The number of H-pyrrole nitrogens is 1. The maximum Gasteiger partial charge on any atom is 0.573 e. The average molecular weight is 255 g/mol. The van der Waals surface area contributed by atoms with E-state index < -0.39 is 6.36 Å². The monoisotopic (exact) mass is 255 g/mol. The van der Waals surface area contributed by atoms with Crippen LogP contribution in [0, 0.1) is 0 Å². The summed E-state index contributed by atoms with van der Waals surface area (Å²) in [4.78, 5) is 13.3. The van der Waals surface area contributed by atoms with E-state index in [1.807, 2.05) is 0 Å². The number of rotatable bonds is 2. The molecule has 0 fully saturated rings. The van der Waals surface area contributed by atoms with Crippen molar-refractivity contribution in [3.63, 3.8) is 0 Å². The molecule has 1 N–H and O–H groups in total. The van der Waals surface area contributed by atoms with E-state index in [9.17, 15) is 18.0 Å². The molecule has 1 aromatic carbocycles. The molecule has 1 aromatic heterocycles. The van der Waals surface area contributed by atoms with Gasteiger partial charge in [0.15, 0.2) is 0 Å². The van der Waals surface area contributed by atoms with Crippen molar-refractivity contribution in [2.45, 2.75) is 6.36 Å². The van der Waals surface area contributed by atoms with E-state index in [1.54, 1.807) is 6.07 Å². The number of hydrogen-bond donors (Lipinski definition) is 1. The number of para-hydroxylation sites is 1. The Morgan fingerprint density at radius 1 is 1.06 bits per heavy atom. The molecule has 94 valence electrons. The third-order valence-electron chi connectivity index (χ3n) is 2.21. The molecule has 0 amide bonds. The van der Waals surface area contributed by atoms with E-state index in [0.29, 0.717) is 5.56 Å². The maximum absolute atomic E-state index is 12.2. The van der Waals surface area contributed by atoms with Crippen LogP contribution in [0.15, 0.2) is 47.4 Å². The van der Waals surface area contributed by atoms with Gasteiger partial charge in [-0.1, -0.05) is 18.2 Å². The minimum absolute atomic E-state index is 0.256. The largest absolute Gasteiger partial charge is 0.573 e. The van der Waals surface area contributed by atoms with Crippen LogP contribution in [0.2, 0.25) is 0 Å². The molecule has 1 heterocycles. The Morgan fingerprint density at radius 3 is 2.39 bits per heavy atom. The highest BCUT2D eigenvalue weighted by Crippen LogP contribution is 2.32. The first-order chi connectivity index (χ1) is 8.46. The molecule has 0 saturated heterocycles. The highest BCUT2D eigenvalue weighted by atomic mass is 19.4. The highest BCUT2D eigenvalue weighted by molar-refractivity contribution is 5.69. The normalized spacial score (nSPS) is 11.3. The van der Waals surface area contributed by atoms with E-state index in [4.69, 9.17) is 0 Å². The van der Waals surface area contributed by atoms with Crippen molar-refractivity contribution in [2.24, 2.45) is 0 Å². The predicted octanol–water partition coefficient (Wildman–Crippen LogP) is 2.94. The summed E-state index contributed by atoms with van der Waals surface area (Å²) >= 11 is 0. The molecule has 2 rings (SSSR count). The minimum atomic E-state index is -4.75. The molecule has 0 radical (unpaired) electrons. The van der Waals surface area contributed by atoms with Gasteiger partial charge in [0.1, 0.15) is 5.75 Å². The van der Waals surface area contributed by atoms with Gasteiger partial charge in [0.25, 0.3) is 0 Å². The van der Waals surface area contributed by atoms with E-state index in [-0.39, 0.29) is 16.9 Å². The molecular weight excluding hydrogens is 247 g/mol. The predicted molar refractivity (Wildman–Crippen MR) is 59.2 cm³/mol. The molecule has 0 aliphatic heterocycles. The van der Waals surface area contributed by atoms with Crippen LogP contribution in [0.3, 0.4) is 0 Å². The molecule has 18 heavy (non-hydrogen) atoms. The fourth-order valence-electron chi connectivity index (χ4n) is 1.50. The van der Waals surface area contributed by atoms with E-state index in [0.717, 1.165) is 0 Å². The molecule has 0 bridgehead atoms. The summed E-state index contributed by atoms with van der Waals surface area (Å²) < 4.78 is 40.6. The number of hydrogen-bond acceptors (Lipinski definition) is 2. The minimum Gasteiger partial charge on any atom is -0.405 e. The first kappa shape index (κ1) is 12.2. The Kier molecular flexibility index (Phi) is 3.10. The van der Waals surface area contributed by atoms with Crippen LogP contribution in [-0.2, 0) is 0 Å². The molecule has 0 aliphatic carbocycles. The van der Waals surface area contributed by atoms with Crippen molar-refractivity contribution in [1.82, 2.24) is 4.98 Å². The smallest absolute Gasteiger partial charge is 0.405 e. The fourth-order valence-corrected chi connectivity index (χ4v) is 1.50. The quantitative estimate of drug-likeness (QED) is 0.896. The Labute approximate surface area is 99.8 Å². The molecule has 6 heteroatoms. The molecule has 3 nitrogen and oxygen atoms in total. The van der Waals surface area contributed by atoms with Gasteiger partial charge in [-0.2, -0.15) is 0 Å².